The van der Waals surface area contributed by atoms with E-state index in [0.29, 0.717) is 11.1 Å². The number of nitrogens with zero attached hydrogens (tertiary/aromatic N) is 1. The summed E-state index contributed by atoms with van der Waals surface area (Å²) >= 11 is 0.743. The number of halogens is 1. The van der Waals surface area contributed by atoms with Gasteiger partial charge in [-0.25, -0.2) is 4.39 Å². The van der Waals surface area contributed by atoms with E-state index < -0.39 is 17.0 Å². The molecule has 1 aliphatic heterocycles. The molecular formula is C24H16FNO3S. The van der Waals surface area contributed by atoms with Gasteiger partial charge in [0.15, 0.2) is 5.78 Å². The van der Waals surface area contributed by atoms with Crippen molar-refractivity contribution < 1.29 is 18.8 Å². The Balaban J connectivity index is 1.48. The molecule has 1 aliphatic rings. The molecule has 0 spiro atoms. The quantitative estimate of drug-likeness (QED) is 0.411. The van der Waals surface area contributed by atoms with Gasteiger partial charge in [0, 0.05) is 5.56 Å². The second-order valence-corrected chi connectivity index (χ2v) is 7.68. The minimum absolute atomic E-state index is 0.165. The number of ketones is 1. The van der Waals surface area contributed by atoms with Gasteiger partial charge < -0.3 is 0 Å². The average Bonchev–Trinajstić information content (AvgIpc) is 3.02. The van der Waals surface area contributed by atoms with Crippen molar-refractivity contribution in [1.29, 1.82) is 0 Å². The SMILES string of the molecule is O=C(CN1C(=O)S/C(=C/c2cccc(F)c2)C1=O)c1ccc(-c2ccccc2)cc1. The number of amides is 2. The molecule has 4 nitrogen and oxygen atoms in total. The second kappa shape index (κ2) is 8.47. The van der Waals surface area contributed by atoms with E-state index in [-0.39, 0.29) is 17.2 Å². The van der Waals surface area contributed by atoms with Crippen molar-refractivity contribution in [2.24, 2.45) is 0 Å². The van der Waals surface area contributed by atoms with Crippen LogP contribution in [0.5, 0.6) is 0 Å². The number of imide groups is 1. The highest BCUT2D eigenvalue weighted by Gasteiger charge is 2.36. The van der Waals surface area contributed by atoms with Crippen LogP contribution < -0.4 is 0 Å². The maximum Gasteiger partial charge on any atom is 0.293 e. The molecular weight excluding hydrogens is 401 g/mol. The minimum Gasteiger partial charge on any atom is -0.292 e. The third-order valence-corrected chi connectivity index (χ3v) is 5.54. The molecule has 0 N–H and O–H groups in total. The average molecular weight is 417 g/mol. The second-order valence-electron chi connectivity index (χ2n) is 6.69. The van der Waals surface area contributed by atoms with Crippen LogP contribution in [0.25, 0.3) is 17.2 Å². The molecule has 2 amide bonds. The first kappa shape index (κ1) is 19.8. The number of benzene rings is 3. The fourth-order valence-corrected chi connectivity index (χ4v) is 3.94. The van der Waals surface area contributed by atoms with Crippen LogP contribution in [-0.4, -0.2) is 28.4 Å². The molecule has 0 bridgehead atoms. The Bertz CT molecular complexity index is 1160. The van der Waals surface area contributed by atoms with Gasteiger partial charge >= 0.3 is 0 Å². The minimum atomic E-state index is -0.552. The topological polar surface area (TPSA) is 54.5 Å². The first-order valence-corrected chi connectivity index (χ1v) is 10.0. The van der Waals surface area contributed by atoms with Crippen molar-refractivity contribution in [2.75, 3.05) is 6.54 Å². The molecule has 3 aromatic carbocycles. The summed E-state index contributed by atoms with van der Waals surface area (Å²) in [5.41, 5.74) is 2.90. The van der Waals surface area contributed by atoms with Crippen LogP contribution >= 0.6 is 11.8 Å². The molecule has 6 heteroatoms. The van der Waals surface area contributed by atoms with E-state index in [0.717, 1.165) is 27.8 Å². The van der Waals surface area contributed by atoms with Gasteiger partial charge in [0.1, 0.15) is 5.82 Å². The number of hydrogen-bond donors (Lipinski definition) is 0. The van der Waals surface area contributed by atoms with E-state index in [1.807, 2.05) is 42.5 Å². The highest BCUT2D eigenvalue weighted by atomic mass is 32.2. The number of carbonyl (C=O) groups excluding carboxylic acids is 3. The van der Waals surface area contributed by atoms with Gasteiger partial charge in [0.05, 0.1) is 11.4 Å². The Labute approximate surface area is 177 Å². The monoisotopic (exact) mass is 417 g/mol. The molecule has 148 valence electrons. The predicted octanol–water partition coefficient (Wildman–Crippen LogP) is 5.41. The van der Waals surface area contributed by atoms with Crippen LogP contribution in [0, 0.1) is 5.82 Å². The molecule has 0 aliphatic carbocycles. The zero-order valence-electron chi connectivity index (χ0n) is 15.7. The maximum absolute atomic E-state index is 13.3. The molecule has 30 heavy (non-hydrogen) atoms. The molecule has 0 radical (unpaired) electrons. The Morgan fingerprint density at radius 3 is 2.30 bits per heavy atom. The van der Waals surface area contributed by atoms with Crippen LogP contribution in [0.4, 0.5) is 9.18 Å². The number of hydrogen-bond acceptors (Lipinski definition) is 4. The number of carbonyl (C=O) groups is 3. The van der Waals surface area contributed by atoms with Crippen LogP contribution in [-0.2, 0) is 4.79 Å². The number of rotatable bonds is 5. The largest absolute Gasteiger partial charge is 0.293 e. The Kier molecular flexibility index (Phi) is 5.59. The third-order valence-electron chi connectivity index (χ3n) is 4.64. The highest BCUT2D eigenvalue weighted by molar-refractivity contribution is 8.18. The van der Waals surface area contributed by atoms with Gasteiger partial charge in [0.2, 0.25) is 0 Å². The summed E-state index contributed by atoms with van der Waals surface area (Å²) in [5, 5.41) is -0.517. The van der Waals surface area contributed by atoms with Gasteiger partial charge in [-0.2, -0.15) is 0 Å². The summed E-state index contributed by atoms with van der Waals surface area (Å²) in [4.78, 5) is 38.5. The lowest BCUT2D eigenvalue weighted by Gasteiger charge is -2.11. The molecule has 1 heterocycles. The standard InChI is InChI=1S/C24H16FNO3S/c25-20-8-4-5-16(13-20)14-22-23(28)26(24(29)30-22)15-21(27)19-11-9-18(10-12-19)17-6-2-1-3-7-17/h1-14H,15H2/b22-14+. The van der Waals surface area contributed by atoms with E-state index in [9.17, 15) is 18.8 Å². The van der Waals surface area contributed by atoms with Crippen LogP contribution in [0.1, 0.15) is 15.9 Å². The van der Waals surface area contributed by atoms with Crippen LogP contribution in [0.3, 0.4) is 0 Å². The van der Waals surface area contributed by atoms with Crippen molar-refractivity contribution in [3.8, 4) is 11.1 Å². The lowest BCUT2D eigenvalue weighted by atomic mass is 10.0. The molecule has 3 aromatic rings. The van der Waals surface area contributed by atoms with Gasteiger partial charge in [-0.05, 0) is 46.7 Å². The molecule has 0 atom stereocenters. The normalized spacial score (nSPS) is 15.1. The fraction of sp³-hybridized carbons (Fsp3) is 0.0417. The van der Waals surface area contributed by atoms with E-state index >= 15 is 0 Å². The van der Waals surface area contributed by atoms with Gasteiger partial charge in [-0.15, -0.1) is 0 Å². The molecule has 0 saturated carbocycles. The number of thioether (sulfide) groups is 1. The molecule has 0 aromatic heterocycles. The molecule has 1 fully saturated rings. The maximum atomic E-state index is 13.3. The summed E-state index contributed by atoms with van der Waals surface area (Å²) < 4.78 is 13.3. The summed E-state index contributed by atoms with van der Waals surface area (Å²) in [5.74, 6) is -1.32. The van der Waals surface area contributed by atoms with Gasteiger partial charge in [-0.1, -0.05) is 66.7 Å². The Morgan fingerprint density at radius 2 is 1.60 bits per heavy atom. The third kappa shape index (κ3) is 4.23. The summed E-state index contributed by atoms with van der Waals surface area (Å²) in [6, 6.07) is 22.5. The lowest BCUT2D eigenvalue weighted by Crippen LogP contribution is -2.33. The lowest BCUT2D eigenvalue weighted by molar-refractivity contribution is -0.122. The molecule has 4 rings (SSSR count). The van der Waals surface area contributed by atoms with Gasteiger partial charge in [0.25, 0.3) is 11.1 Å². The summed E-state index contributed by atoms with van der Waals surface area (Å²) in [6.45, 7) is -0.337. The van der Waals surface area contributed by atoms with E-state index in [4.69, 9.17) is 0 Å². The van der Waals surface area contributed by atoms with Crippen LogP contribution in [0.15, 0.2) is 83.8 Å². The van der Waals surface area contributed by atoms with Crippen molar-refractivity contribution in [3.05, 3.63) is 101 Å². The zero-order chi connectivity index (χ0) is 21.1. The highest BCUT2D eigenvalue weighted by Crippen LogP contribution is 2.32. The van der Waals surface area contributed by atoms with Crippen molar-refractivity contribution in [1.82, 2.24) is 4.90 Å². The van der Waals surface area contributed by atoms with Crippen molar-refractivity contribution in [2.45, 2.75) is 0 Å². The zero-order valence-corrected chi connectivity index (χ0v) is 16.6. The Morgan fingerprint density at radius 1 is 0.900 bits per heavy atom. The van der Waals surface area contributed by atoms with Crippen molar-refractivity contribution in [3.63, 3.8) is 0 Å². The predicted molar refractivity (Wildman–Crippen MR) is 115 cm³/mol. The molecule has 0 unspecified atom stereocenters. The van der Waals surface area contributed by atoms with E-state index in [1.165, 1.54) is 24.3 Å². The first-order valence-electron chi connectivity index (χ1n) is 9.21. The van der Waals surface area contributed by atoms with Crippen molar-refractivity contribution >= 4 is 34.8 Å². The smallest absolute Gasteiger partial charge is 0.292 e. The summed E-state index contributed by atoms with van der Waals surface area (Å²) in [6.07, 6.45) is 1.45. The Hall–Kier alpha value is -3.51. The van der Waals surface area contributed by atoms with E-state index in [1.54, 1.807) is 18.2 Å². The van der Waals surface area contributed by atoms with Crippen LogP contribution in [0.2, 0.25) is 0 Å². The van der Waals surface area contributed by atoms with E-state index in [2.05, 4.69) is 0 Å². The summed E-state index contributed by atoms with van der Waals surface area (Å²) in [7, 11) is 0. The first-order chi connectivity index (χ1) is 14.5. The van der Waals surface area contributed by atoms with Gasteiger partial charge in [-0.3, -0.25) is 19.3 Å². The molecule has 1 saturated heterocycles. The number of Topliss-reactive ketones (excluding diaryl/α,β-unsaturated/α-hetero) is 1. The fourth-order valence-electron chi connectivity index (χ4n) is 3.10.